The van der Waals surface area contributed by atoms with Crippen molar-refractivity contribution in [3.63, 3.8) is 0 Å². The molecule has 0 heterocycles. The van der Waals surface area contributed by atoms with E-state index in [0.29, 0.717) is 17.6 Å². The first-order valence-electron chi connectivity index (χ1n) is 5.89. The molecule has 0 saturated heterocycles. The van der Waals surface area contributed by atoms with Gasteiger partial charge in [-0.3, -0.25) is 9.59 Å². The second kappa shape index (κ2) is 6.61. The lowest BCUT2D eigenvalue weighted by atomic mass is 9.95. The van der Waals surface area contributed by atoms with Crippen molar-refractivity contribution in [2.75, 3.05) is 20.8 Å². The Hall–Kier alpha value is -1.75. The maximum Gasteiger partial charge on any atom is 0.314 e. The smallest absolute Gasteiger partial charge is 0.314 e. The van der Waals surface area contributed by atoms with Crippen molar-refractivity contribution in [3.05, 3.63) is 22.7 Å². The van der Waals surface area contributed by atoms with Crippen LogP contribution in [0, 0.1) is 5.41 Å². The lowest BCUT2D eigenvalue weighted by Gasteiger charge is -2.22. The molecule has 0 atom stereocenters. The van der Waals surface area contributed by atoms with E-state index in [1.54, 1.807) is 13.8 Å². The number of halogens is 1. The number of hydrogen-bond acceptors (Lipinski definition) is 5. The molecular formula is C14H17ClO5. The van der Waals surface area contributed by atoms with E-state index in [4.69, 9.17) is 25.8 Å². The molecule has 0 amide bonds. The molecule has 0 aromatic heterocycles. The summed E-state index contributed by atoms with van der Waals surface area (Å²) in [6, 6.07) is 2.98. The number of ether oxygens (including phenoxy) is 3. The summed E-state index contributed by atoms with van der Waals surface area (Å²) in [4.78, 5) is 22.3. The van der Waals surface area contributed by atoms with E-state index in [2.05, 4.69) is 0 Å². The third-order valence-corrected chi connectivity index (χ3v) is 2.98. The van der Waals surface area contributed by atoms with E-state index in [0.717, 1.165) is 0 Å². The highest BCUT2D eigenvalue weighted by Gasteiger charge is 2.30. The van der Waals surface area contributed by atoms with E-state index in [9.17, 15) is 9.59 Å². The summed E-state index contributed by atoms with van der Waals surface area (Å²) >= 11 is 6.05. The Kier molecular flexibility index (Phi) is 5.39. The lowest BCUT2D eigenvalue weighted by Crippen LogP contribution is -2.32. The van der Waals surface area contributed by atoms with Gasteiger partial charge in [0, 0.05) is 5.56 Å². The van der Waals surface area contributed by atoms with Crippen molar-refractivity contribution >= 4 is 23.9 Å². The second-order valence-electron chi connectivity index (χ2n) is 4.82. The maximum atomic E-state index is 11.6. The zero-order valence-electron chi connectivity index (χ0n) is 11.9. The predicted molar refractivity (Wildman–Crippen MR) is 74.7 cm³/mol. The van der Waals surface area contributed by atoms with E-state index in [-0.39, 0.29) is 17.4 Å². The largest absolute Gasteiger partial charge is 0.493 e. The fourth-order valence-electron chi connectivity index (χ4n) is 1.54. The van der Waals surface area contributed by atoms with Crippen LogP contribution in [-0.4, -0.2) is 33.1 Å². The number of benzene rings is 1. The molecular weight excluding hydrogens is 284 g/mol. The Morgan fingerprint density at radius 2 is 2.00 bits per heavy atom. The molecule has 0 aliphatic heterocycles. The van der Waals surface area contributed by atoms with Crippen molar-refractivity contribution < 1.29 is 23.8 Å². The van der Waals surface area contributed by atoms with Gasteiger partial charge in [-0.2, -0.15) is 0 Å². The molecule has 6 heteroatoms. The second-order valence-corrected chi connectivity index (χ2v) is 5.22. The van der Waals surface area contributed by atoms with Crippen LogP contribution in [0.5, 0.6) is 11.5 Å². The molecule has 1 rings (SSSR count). The van der Waals surface area contributed by atoms with Crippen molar-refractivity contribution in [1.82, 2.24) is 0 Å². The van der Waals surface area contributed by atoms with Gasteiger partial charge < -0.3 is 14.2 Å². The van der Waals surface area contributed by atoms with Gasteiger partial charge in [0.15, 0.2) is 11.5 Å². The molecule has 0 fully saturated rings. The first-order chi connectivity index (χ1) is 9.35. The van der Waals surface area contributed by atoms with Crippen LogP contribution >= 0.6 is 11.6 Å². The average Bonchev–Trinajstić information content (AvgIpc) is 2.43. The predicted octanol–water partition coefficient (Wildman–Crippen LogP) is 2.74. The molecule has 1 aromatic carbocycles. The van der Waals surface area contributed by atoms with Gasteiger partial charge in [-0.05, 0) is 26.0 Å². The number of methoxy groups -OCH3 is 2. The summed E-state index contributed by atoms with van der Waals surface area (Å²) in [5.74, 6) is 0.231. The first-order valence-corrected chi connectivity index (χ1v) is 6.27. The van der Waals surface area contributed by atoms with Crippen LogP contribution in [0.15, 0.2) is 12.1 Å². The highest BCUT2D eigenvalue weighted by molar-refractivity contribution is 6.32. The van der Waals surface area contributed by atoms with E-state index in [1.165, 1.54) is 26.4 Å². The Bertz CT molecular complexity index is 511. The number of hydrogen-bond donors (Lipinski definition) is 0. The van der Waals surface area contributed by atoms with Crippen molar-refractivity contribution in [2.24, 2.45) is 5.41 Å². The molecule has 1 aromatic rings. The highest BCUT2D eigenvalue weighted by atomic mass is 35.5. The summed E-state index contributed by atoms with van der Waals surface area (Å²) < 4.78 is 15.4. The monoisotopic (exact) mass is 300 g/mol. The number of carbonyl (C=O) groups excluding carboxylic acids is 2. The molecule has 0 radical (unpaired) electrons. The molecule has 110 valence electrons. The molecule has 0 spiro atoms. The van der Waals surface area contributed by atoms with Crippen LogP contribution in [0.3, 0.4) is 0 Å². The molecule has 0 unspecified atom stereocenters. The van der Waals surface area contributed by atoms with E-state index in [1.807, 2.05) is 0 Å². The van der Waals surface area contributed by atoms with Crippen LogP contribution in [0.25, 0.3) is 0 Å². The first kappa shape index (κ1) is 16.3. The Morgan fingerprint density at radius 3 is 2.50 bits per heavy atom. The number of esters is 1. The molecule has 0 aliphatic carbocycles. The van der Waals surface area contributed by atoms with Gasteiger partial charge in [0.05, 0.1) is 24.7 Å². The van der Waals surface area contributed by atoms with Crippen molar-refractivity contribution in [1.29, 1.82) is 0 Å². The van der Waals surface area contributed by atoms with E-state index < -0.39 is 11.4 Å². The molecule has 5 nitrogen and oxygen atoms in total. The summed E-state index contributed by atoms with van der Waals surface area (Å²) in [5.41, 5.74) is -0.446. The molecule has 0 bridgehead atoms. The fourth-order valence-corrected chi connectivity index (χ4v) is 1.81. The van der Waals surface area contributed by atoms with Gasteiger partial charge in [0.25, 0.3) is 0 Å². The molecule has 0 saturated carbocycles. The Morgan fingerprint density at radius 1 is 1.35 bits per heavy atom. The van der Waals surface area contributed by atoms with Crippen LogP contribution in [0.4, 0.5) is 0 Å². The van der Waals surface area contributed by atoms with Crippen molar-refractivity contribution in [3.8, 4) is 11.5 Å². The van der Waals surface area contributed by atoms with Crippen LogP contribution in [0.1, 0.15) is 24.2 Å². The van der Waals surface area contributed by atoms with Gasteiger partial charge in [0.2, 0.25) is 0 Å². The molecule has 0 aliphatic rings. The highest BCUT2D eigenvalue weighted by Crippen LogP contribution is 2.37. The van der Waals surface area contributed by atoms with Gasteiger partial charge in [-0.25, -0.2) is 0 Å². The number of aldehydes is 1. The number of carbonyl (C=O) groups is 2. The van der Waals surface area contributed by atoms with Gasteiger partial charge >= 0.3 is 5.97 Å². The normalized spacial score (nSPS) is 10.8. The van der Waals surface area contributed by atoms with Gasteiger partial charge in [-0.15, -0.1) is 0 Å². The topological polar surface area (TPSA) is 61.8 Å². The third kappa shape index (κ3) is 3.63. The SMILES string of the molecule is COC(=O)C(C)(C)COc1c(Cl)cc(C=O)cc1OC. The zero-order valence-corrected chi connectivity index (χ0v) is 12.6. The minimum Gasteiger partial charge on any atom is -0.493 e. The zero-order chi connectivity index (χ0) is 15.3. The van der Waals surface area contributed by atoms with Crippen LogP contribution in [-0.2, 0) is 9.53 Å². The minimum atomic E-state index is -0.827. The quantitative estimate of drug-likeness (QED) is 0.597. The third-order valence-electron chi connectivity index (χ3n) is 2.70. The van der Waals surface area contributed by atoms with Gasteiger partial charge in [-0.1, -0.05) is 11.6 Å². The lowest BCUT2D eigenvalue weighted by molar-refractivity contribution is -0.152. The summed E-state index contributed by atoms with van der Waals surface area (Å²) in [6.07, 6.45) is 0.663. The standard InChI is InChI=1S/C14H17ClO5/c1-14(2,13(17)19-4)8-20-12-10(15)5-9(7-16)6-11(12)18-3/h5-7H,8H2,1-4H3. The Balaban J connectivity index is 2.98. The average molecular weight is 301 g/mol. The summed E-state index contributed by atoms with van der Waals surface area (Å²) in [7, 11) is 2.76. The molecule has 20 heavy (non-hydrogen) atoms. The minimum absolute atomic E-state index is 0.0657. The van der Waals surface area contributed by atoms with Crippen LogP contribution < -0.4 is 9.47 Å². The Labute approximate surface area is 122 Å². The summed E-state index contributed by atoms with van der Waals surface area (Å²) in [6.45, 7) is 3.45. The number of rotatable bonds is 6. The summed E-state index contributed by atoms with van der Waals surface area (Å²) in [5, 5.41) is 0.243. The van der Waals surface area contributed by atoms with Crippen molar-refractivity contribution in [2.45, 2.75) is 13.8 Å². The van der Waals surface area contributed by atoms with Gasteiger partial charge in [0.1, 0.15) is 12.9 Å². The maximum absolute atomic E-state index is 11.6. The van der Waals surface area contributed by atoms with Crippen LogP contribution in [0.2, 0.25) is 5.02 Å². The molecule has 0 N–H and O–H groups in total. The fraction of sp³-hybridized carbons (Fsp3) is 0.429. The van der Waals surface area contributed by atoms with E-state index >= 15 is 0 Å².